The van der Waals surface area contributed by atoms with Gasteiger partial charge in [0.1, 0.15) is 0 Å². The van der Waals surface area contributed by atoms with Crippen LogP contribution in [0.2, 0.25) is 0 Å². The van der Waals surface area contributed by atoms with Gasteiger partial charge < -0.3 is 5.11 Å². The Kier molecular flexibility index (Phi) is 6.09. The third kappa shape index (κ3) is 5.03. The molecule has 0 spiro atoms. The lowest BCUT2D eigenvalue weighted by Crippen LogP contribution is -1.85. The third-order valence-corrected chi connectivity index (χ3v) is 2.39. The summed E-state index contributed by atoms with van der Waals surface area (Å²) in [7, 11) is 0. The van der Waals surface area contributed by atoms with Gasteiger partial charge in [-0.15, -0.1) is 0 Å². The van der Waals surface area contributed by atoms with Gasteiger partial charge in [0.2, 0.25) is 0 Å². The van der Waals surface area contributed by atoms with Crippen molar-refractivity contribution in [2.24, 2.45) is 0 Å². The Morgan fingerprint density at radius 1 is 0.929 bits per heavy atom. The summed E-state index contributed by atoms with van der Waals surface area (Å²) in [5.74, 6) is 0. The van der Waals surface area contributed by atoms with E-state index in [0.717, 1.165) is 12.8 Å². The molecule has 0 heterocycles. The lowest BCUT2D eigenvalue weighted by Gasteiger charge is -2.00. The number of hydrogen-bond acceptors (Lipinski definition) is 1. The molecule has 14 heavy (non-hydrogen) atoms. The van der Waals surface area contributed by atoms with E-state index >= 15 is 0 Å². The van der Waals surface area contributed by atoms with Crippen LogP contribution in [0.15, 0.2) is 30.3 Å². The van der Waals surface area contributed by atoms with Gasteiger partial charge in [0.05, 0.1) is 6.61 Å². The molecule has 77 valence electrons. The maximum absolute atomic E-state index is 8.48. The zero-order valence-electron chi connectivity index (χ0n) is 8.65. The molecule has 0 atom stereocenters. The monoisotopic (exact) mass is 191 g/mol. The largest absolute Gasteiger partial charge is 0.390 e. The smallest absolute Gasteiger partial charge is 0.0799 e. The average Bonchev–Trinajstić information content (AvgIpc) is 2.25. The second kappa shape index (κ2) is 7.57. The van der Waals surface area contributed by atoms with Gasteiger partial charge in [-0.2, -0.15) is 0 Å². The van der Waals surface area contributed by atoms with E-state index in [9.17, 15) is 0 Å². The average molecular weight is 191 g/mol. The normalized spacial score (nSPS) is 10.4. The van der Waals surface area contributed by atoms with Gasteiger partial charge >= 0.3 is 0 Å². The number of aryl methyl sites for hydroxylation is 1. The summed E-state index contributed by atoms with van der Waals surface area (Å²) in [5.41, 5.74) is 1.43. The molecule has 0 saturated heterocycles. The molecule has 0 aromatic heterocycles. The van der Waals surface area contributed by atoms with Gasteiger partial charge in [-0.25, -0.2) is 0 Å². The molecule has 0 saturated carbocycles. The Hall–Kier alpha value is -0.820. The number of unbranched alkanes of at least 4 members (excludes halogenated alkanes) is 4. The van der Waals surface area contributed by atoms with Crippen LogP contribution >= 0.6 is 0 Å². The third-order valence-electron chi connectivity index (χ3n) is 2.39. The van der Waals surface area contributed by atoms with Crippen LogP contribution in [0, 0.1) is 6.61 Å². The number of aliphatic hydroxyl groups excluding tert-OH is 1. The molecule has 0 fully saturated rings. The maximum Gasteiger partial charge on any atom is 0.0799 e. The van der Waals surface area contributed by atoms with Gasteiger partial charge in [-0.05, 0) is 24.8 Å². The van der Waals surface area contributed by atoms with E-state index in [2.05, 4.69) is 30.3 Å². The van der Waals surface area contributed by atoms with Gasteiger partial charge in [0.25, 0.3) is 0 Å². The quantitative estimate of drug-likeness (QED) is 0.651. The SMILES string of the molecule is O[CH]CCCCCCc1ccccc1. The fourth-order valence-corrected chi connectivity index (χ4v) is 1.56. The number of aliphatic hydroxyl groups is 1. The van der Waals surface area contributed by atoms with E-state index in [1.54, 1.807) is 0 Å². The second-order valence-electron chi connectivity index (χ2n) is 3.62. The van der Waals surface area contributed by atoms with E-state index in [1.807, 2.05) is 0 Å². The van der Waals surface area contributed by atoms with Crippen molar-refractivity contribution in [3.63, 3.8) is 0 Å². The first-order chi connectivity index (χ1) is 6.93. The predicted octanol–water partition coefficient (Wildman–Crippen LogP) is 3.71. The van der Waals surface area contributed by atoms with E-state index in [-0.39, 0.29) is 0 Å². The number of rotatable bonds is 7. The zero-order chi connectivity index (χ0) is 10.1. The molecule has 0 aliphatic heterocycles. The van der Waals surface area contributed by atoms with Crippen LogP contribution in [0.5, 0.6) is 0 Å². The predicted molar refractivity (Wildman–Crippen MR) is 59.5 cm³/mol. The molecule has 0 aliphatic rings. The fraction of sp³-hybridized carbons (Fsp3) is 0.462. The lowest BCUT2D eigenvalue weighted by molar-refractivity contribution is 0.367. The fourth-order valence-electron chi connectivity index (χ4n) is 1.56. The van der Waals surface area contributed by atoms with Crippen molar-refractivity contribution < 1.29 is 5.11 Å². The molecule has 1 rings (SSSR count). The summed E-state index contributed by atoms with van der Waals surface area (Å²) in [5, 5.41) is 8.48. The molecule has 1 heteroatoms. The van der Waals surface area contributed by atoms with Gasteiger partial charge in [0.15, 0.2) is 0 Å². The molecule has 1 aromatic rings. The van der Waals surface area contributed by atoms with Crippen LogP contribution in [-0.2, 0) is 6.42 Å². The molecule has 0 unspecified atom stereocenters. The molecule has 0 aliphatic carbocycles. The summed E-state index contributed by atoms with van der Waals surface area (Å²) in [6.45, 7) is 1.26. The molecular weight excluding hydrogens is 172 g/mol. The van der Waals surface area contributed by atoms with Crippen molar-refractivity contribution in [1.82, 2.24) is 0 Å². The zero-order valence-corrected chi connectivity index (χ0v) is 8.65. The van der Waals surface area contributed by atoms with Crippen molar-refractivity contribution in [3.05, 3.63) is 42.5 Å². The molecule has 0 amide bonds. The van der Waals surface area contributed by atoms with E-state index in [0.29, 0.717) is 0 Å². The van der Waals surface area contributed by atoms with Crippen molar-refractivity contribution in [1.29, 1.82) is 0 Å². The number of hydrogen-bond donors (Lipinski definition) is 1. The second-order valence-corrected chi connectivity index (χ2v) is 3.62. The number of benzene rings is 1. The first-order valence-corrected chi connectivity index (χ1v) is 5.43. The highest BCUT2D eigenvalue weighted by Gasteiger charge is 1.92. The minimum absolute atomic E-state index is 0.839. The van der Waals surface area contributed by atoms with Crippen molar-refractivity contribution >= 4 is 0 Å². The Bertz CT molecular complexity index is 218. The van der Waals surface area contributed by atoms with Crippen molar-refractivity contribution in [3.8, 4) is 0 Å². The maximum atomic E-state index is 8.48. The Morgan fingerprint density at radius 3 is 2.36 bits per heavy atom. The summed E-state index contributed by atoms with van der Waals surface area (Å²) in [6.07, 6.45) is 6.89. The Morgan fingerprint density at radius 2 is 1.64 bits per heavy atom. The lowest BCUT2D eigenvalue weighted by atomic mass is 10.1. The highest BCUT2D eigenvalue weighted by Crippen LogP contribution is 2.08. The molecule has 1 aromatic carbocycles. The topological polar surface area (TPSA) is 20.2 Å². The first-order valence-electron chi connectivity index (χ1n) is 5.43. The summed E-state index contributed by atoms with van der Waals surface area (Å²) in [6, 6.07) is 10.6. The van der Waals surface area contributed by atoms with Crippen molar-refractivity contribution in [2.75, 3.05) is 0 Å². The van der Waals surface area contributed by atoms with Crippen LogP contribution in [0.3, 0.4) is 0 Å². The molecular formula is C13H19O. The van der Waals surface area contributed by atoms with Crippen molar-refractivity contribution in [2.45, 2.75) is 38.5 Å². The van der Waals surface area contributed by atoms with Gasteiger partial charge in [-0.1, -0.05) is 49.6 Å². The van der Waals surface area contributed by atoms with E-state index < -0.39 is 0 Å². The van der Waals surface area contributed by atoms with E-state index in [4.69, 9.17) is 5.11 Å². The Balaban J connectivity index is 1.99. The molecule has 1 nitrogen and oxygen atoms in total. The van der Waals surface area contributed by atoms with E-state index in [1.165, 1.54) is 37.9 Å². The Labute approximate surface area is 86.8 Å². The van der Waals surface area contributed by atoms with Gasteiger partial charge in [0, 0.05) is 0 Å². The summed E-state index contributed by atoms with van der Waals surface area (Å²) >= 11 is 0. The molecule has 1 N–H and O–H groups in total. The highest BCUT2D eigenvalue weighted by molar-refractivity contribution is 5.14. The summed E-state index contributed by atoms with van der Waals surface area (Å²) in [4.78, 5) is 0. The van der Waals surface area contributed by atoms with Crippen LogP contribution in [-0.4, -0.2) is 5.11 Å². The van der Waals surface area contributed by atoms with Crippen LogP contribution in [0.25, 0.3) is 0 Å². The molecule has 0 bridgehead atoms. The minimum Gasteiger partial charge on any atom is -0.390 e. The molecule has 1 radical (unpaired) electrons. The highest BCUT2D eigenvalue weighted by atomic mass is 16.2. The summed E-state index contributed by atoms with van der Waals surface area (Å²) < 4.78 is 0. The first kappa shape index (κ1) is 11.3. The van der Waals surface area contributed by atoms with Crippen LogP contribution in [0.1, 0.15) is 37.7 Å². The van der Waals surface area contributed by atoms with Crippen LogP contribution < -0.4 is 0 Å². The van der Waals surface area contributed by atoms with Gasteiger partial charge in [-0.3, -0.25) is 0 Å². The standard InChI is InChI=1S/C13H19O/c14-12-8-3-1-2-5-9-13-10-6-4-7-11-13/h4,6-7,10-12,14H,1-3,5,8-9H2. The van der Waals surface area contributed by atoms with Crippen LogP contribution in [0.4, 0.5) is 0 Å². The minimum atomic E-state index is 0.839.